The minimum Gasteiger partial charge on any atom is -0.508 e. The molecule has 3 rings (SSSR count). The first-order chi connectivity index (χ1) is 16.7. The third-order valence-electron chi connectivity index (χ3n) is 4.96. The predicted molar refractivity (Wildman–Crippen MR) is 130 cm³/mol. The number of carboxylic acid groups (broad SMARTS) is 1. The number of rotatable bonds is 8. The largest absolute Gasteiger partial charge is 1.00 e. The van der Waals surface area contributed by atoms with Crippen LogP contribution in [0.25, 0.3) is 12.2 Å². The summed E-state index contributed by atoms with van der Waals surface area (Å²) in [6.07, 6.45) is 2.40. The molecule has 0 amide bonds. The maximum atomic E-state index is 12.0. The molecule has 0 fully saturated rings. The number of nitrogen functional groups attached to an aromatic ring is 1. The minimum absolute atomic E-state index is 0. The Morgan fingerprint density at radius 2 is 1.41 bits per heavy atom. The summed E-state index contributed by atoms with van der Waals surface area (Å²) in [6.45, 7) is -0.281. The molecule has 15 heteroatoms. The predicted octanol–water partition coefficient (Wildman–Crippen LogP) is -0.342. The van der Waals surface area contributed by atoms with Crippen LogP contribution in [0.1, 0.15) is 27.0 Å². The van der Waals surface area contributed by atoms with Gasteiger partial charge in [-0.05, 0) is 41.5 Å². The van der Waals surface area contributed by atoms with E-state index in [4.69, 9.17) is 5.73 Å². The van der Waals surface area contributed by atoms with Crippen molar-refractivity contribution in [2.45, 2.75) is 16.3 Å². The average Bonchev–Trinajstić information content (AvgIpc) is 2.76. The van der Waals surface area contributed by atoms with Gasteiger partial charge in [0.2, 0.25) is 0 Å². The van der Waals surface area contributed by atoms with Gasteiger partial charge >= 0.3 is 35.5 Å². The Hall–Kier alpha value is -3.11. The Balaban J connectivity index is 0.00000481. The van der Waals surface area contributed by atoms with Gasteiger partial charge in [-0.2, -0.15) is 16.8 Å². The summed E-state index contributed by atoms with van der Waals surface area (Å²) >= 11 is 0. The van der Waals surface area contributed by atoms with Gasteiger partial charge in [-0.25, -0.2) is 4.79 Å². The zero-order valence-corrected chi connectivity index (χ0v) is 22.8. The average molecular weight is 560 g/mol. The first-order valence-corrected chi connectivity index (χ1v) is 12.7. The molecule has 0 aliphatic heterocycles. The summed E-state index contributed by atoms with van der Waals surface area (Å²) in [5, 5.41) is 31.6. The third kappa shape index (κ3) is 7.45. The van der Waals surface area contributed by atoms with Gasteiger partial charge in [-0.15, -0.1) is 0 Å². The van der Waals surface area contributed by atoms with Crippen molar-refractivity contribution in [3.63, 3.8) is 0 Å². The molecule has 12 nitrogen and oxygen atoms in total. The van der Waals surface area contributed by atoms with E-state index in [0.29, 0.717) is 0 Å². The Morgan fingerprint density at radius 1 is 0.865 bits per heavy atom. The maximum Gasteiger partial charge on any atom is 1.00 e. The number of anilines is 2. The molecule has 0 unspecified atom stereocenters. The number of nitrogens with two attached hydrogens (primary N) is 1. The number of carbonyl (C=O) groups is 1. The fraction of sp³-hybridized carbons (Fsp3) is 0.0455. The molecule has 0 atom stereocenters. The number of hydrogen-bond donors (Lipinski definition) is 7. The maximum absolute atomic E-state index is 12.0. The number of carboxylic acids is 1. The van der Waals surface area contributed by atoms with E-state index in [9.17, 15) is 46.1 Å². The Morgan fingerprint density at radius 3 is 1.95 bits per heavy atom. The van der Waals surface area contributed by atoms with Crippen LogP contribution in [0.2, 0.25) is 0 Å². The van der Waals surface area contributed by atoms with Gasteiger partial charge in [-0.3, -0.25) is 9.11 Å². The Bertz CT molecular complexity index is 1600. The van der Waals surface area contributed by atoms with E-state index in [1.807, 2.05) is 0 Å². The molecule has 190 valence electrons. The van der Waals surface area contributed by atoms with Gasteiger partial charge in [0, 0.05) is 29.5 Å². The smallest absolute Gasteiger partial charge is 0.508 e. The molecule has 0 aromatic heterocycles. The van der Waals surface area contributed by atoms with Crippen LogP contribution in [0.4, 0.5) is 11.4 Å². The van der Waals surface area contributed by atoms with Gasteiger partial charge in [0.25, 0.3) is 20.2 Å². The van der Waals surface area contributed by atoms with Crippen molar-refractivity contribution in [2.24, 2.45) is 0 Å². The SMILES string of the molecule is Nc1ccc(/C=C/c2ccc(NCc3c(O)cc(O)cc3C(=O)O)cc2S(=O)(=O)O)c(S(=O)(=O)O)c1.[Na+]. The molecule has 0 bridgehead atoms. The number of phenols is 2. The van der Waals surface area contributed by atoms with Crippen molar-refractivity contribution in [3.8, 4) is 11.5 Å². The molecule has 0 aliphatic rings. The standard InChI is InChI=1S/C22H20N2O10S2.Na/c23-14-5-3-12(20(7-14)35(29,30)31)1-2-13-4-6-15(8-21(13)36(32,33)34)24-11-18-17(22(27)28)9-16(25)10-19(18)26;/h1-10,24-26H,11,23H2,(H,27,28)(H,29,30,31)(H,32,33,34);/q;+1/b2-1+;. The number of nitrogens with one attached hydrogen (secondary N) is 1. The molecule has 37 heavy (non-hydrogen) atoms. The second-order valence-corrected chi connectivity index (χ2v) is 10.3. The number of benzene rings is 3. The first kappa shape index (κ1) is 30.1. The van der Waals surface area contributed by atoms with E-state index < -0.39 is 47.5 Å². The molecule has 0 saturated heterocycles. The van der Waals surface area contributed by atoms with Gasteiger partial charge in [-0.1, -0.05) is 24.3 Å². The van der Waals surface area contributed by atoms with Crippen LogP contribution in [0.5, 0.6) is 11.5 Å². The molecule has 0 spiro atoms. The van der Waals surface area contributed by atoms with E-state index in [2.05, 4.69) is 5.32 Å². The number of hydrogen-bond acceptors (Lipinski definition) is 9. The van der Waals surface area contributed by atoms with E-state index in [1.54, 1.807) is 0 Å². The third-order valence-corrected chi connectivity index (χ3v) is 6.78. The van der Waals surface area contributed by atoms with E-state index >= 15 is 0 Å². The van der Waals surface area contributed by atoms with Crippen LogP contribution >= 0.6 is 0 Å². The molecular formula is C22H20N2NaO10S2+. The van der Waals surface area contributed by atoms with Crippen LogP contribution in [0, 0.1) is 0 Å². The summed E-state index contributed by atoms with van der Waals surface area (Å²) in [5.41, 5.74) is 5.24. The first-order valence-electron chi connectivity index (χ1n) is 9.85. The van der Waals surface area contributed by atoms with Crippen LogP contribution in [-0.2, 0) is 26.8 Å². The van der Waals surface area contributed by atoms with Crippen molar-refractivity contribution in [2.75, 3.05) is 11.1 Å². The van der Waals surface area contributed by atoms with Crippen LogP contribution in [-0.4, -0.2) is 47.2 Å². The molecule has 0 heterocycles. The van der Waals surface area contributed by atoms with Gasteiger partial charge < -0.3 is 26.4 Å². The molecule has 3 aromatic carbocycles. The number of phenolic OH excluding ortho intramolecular Hbond substituents is 2. The molecular weight excluding hydrogens is 539 g/mol. The quantitative estimate of drug-likeness (QED) is 0.0814. The van der Waals surface area contributed by atoms with E-state index in [1.165, 1.54) is 36.4 Å². The van der Waals surface area contributed by atoms with Crippen molar-refractivity contribution in [1.82, 2.24) is 0 Å². The van der Waals surface area contributed by atoms with Crippen molar-refractivity contribution in [3.05, 3.63) is 70.8 Å². The van der Waals surface area contributed by atoms with Crippen molar-refractivity contribution < 1.29 is 75.6 Å². The van der Waals surface area contributed by atoms with Crippen LogP contribution < -0.4 is 40.6 Å². The zero-order chi connectivity index (χ0) is 26.8. The number of aromatic hydroxyl groups is 2. The molecule has 0 radical (unpaired) electrons. The van der Waals surface area contributed by atoms with Gasteiger partial charge in [0.1, 0.15) is 21.3 Å². The molecule has 3 aromatic rings. The second-order valence-electron chi connectivity index (χ2n) is 7.48. The van der Waals surface area contributed by atoms with Gasteiger partial charge in [0.15, 0.2) is 0 Å². The molecule has 8 N–H and O–H groups in total. The fourth-order valence-electron chi connectivity index (χ4n) is 3.31. The second kappa shape index (κ2) is 11.5. The fourth-order valence-corrected chi connectivity index (χ4v) is 4.73. The van der Waals surface area contributed by atoms with Crippen molar-refractivity contribution in [1.29, 1.82) is 0 Å². The summed E-state index contributed by atoms with van der Waals surface area (Å²) < 4.78 is 66.4. The van der Waals surface area contributed by atoms with Crippen molar-refractivity contribution >= 4 is 49.7 Å². The summed E-state index contributed by atoms with van der Waals surface area (Å²) in [7, 11) is -9.42. The summed E-state index contributed by atoms with van der Waals surface area (Å²) in [6, 6.07) is 9.28. The number of aromatic carboxylic acids is 1. The molecule has 0 aliphatic carbocycles. The topological polar surface area (TPSA) is 225 Å². The zero-order valence-electron chi connectivity index (χ0n) is 19.2. The summed E-state index contributed by atoms with van der Waals surface area (Å²) in [5.74, 6) is -2.38. The minimum atomic E-state index is -4.78. The Kier molecular flexibility index (Phi) is 9.37. The van der Waals surface area contributed by atoms with Crippen LogP contribution in [0.3, 0.4) is 0 Å². The van der Waals surface area contributed by atoms with E-state index in [0.717, 1.165) is 24.3 Å². The summed E-state index contributed by atoms with van der Waals surface area (Å²) in [4.78, 5) is 10.4. The van der Waals surface area contributed by atoms with E-state index in [-0.39, 0.29) is 69.7 Å². The van der Waals surface area contributed by atoms with Crippen LogP contribution in [0.15, 0.2) is 58.3 Å². The Labute approximate surface area is 233 Å². The van der Waals surface area contributed by atoms with Gasteiger partial charge in [0.05, 0.1) is 5.56 Å². The normalized spacial score (nSPS) is 11.7. The molecule has 0 saturated carbocycles. The monoisotopic (exact) mass is 559 g/mol.